The van der Waals surface area contributed by atoms with Gasteiger partial charge in [0.15, 0.2) is 0 Å². The zero-order chi connectivity index (χ0) is 21.1. The van der Waals surface area contributed by atoms with E-state index in [4.69, 9.17) is 23.1 Å². The van der Waals surface area contributed by atoms with Crippen LogP contribution in [-0.2, 0) is 9.59 Å². The fourth-order valence-electron chi connectivity index (χ4n) is 3.45. The van der Waals surface area contributed by atoms with Gasteiger partial charge in [-0.1, -0.05) is 24.6 Å². The van der Waals surface area contributed by atoms with Crippen molar-refractivity contribution in [1.82, 2.24) is 9.88 Å². The Kier molecular flexibility index (Phi) is 6.03. The standard InChI is InChI=1S/C20H22ClN5O3/c1-11-2-5-17(12-3-4-15(21)16(22)7-12)26(10-11)20(29)19(28)25-14-6-13(18(23)27)8-24-9-14/h3-4,6-9,11,17H,2,5,10,22H2,1H3,(H2,23,27)(H,25,28)/t11-,17+/m1/s1. The van der Waals surface area contributed by atoms with Crippen LogP contribution in [0, 0.1) is 5.92 Å². The Morgan fingerprint density at radius 1 is 1.21 bits per heavy atom. The highest BCUT2D eigenvalue weighted by molar-refractivity contribution is 6.39. The number of benzene rings is 1. The van der Waals surface area contributed by atoms with Crippen molar-refractivity contribution in [3.63, 3.8) is 0 Å². The molecule has 1 saturated heterocycles. The quantitative estimate of drug-likeness (QED) is 0.523. The average Bonchev–Trinajstić information content (AvgIpc) is 2.69. The van der Waals surface area contributed by atoms with Crippen LogP contribution in [-0.4, -0.2) is 34.2 Å². The second kappa shape index (κ2) is 8.48. The Balaban J connectivity index is 1.81. The lowest BCUT2D eigenvalue weighted by Crippen LogP contribution is -2.46. The number of hydrogen-bond acceptors (Lipinski definition) is 5. The predicted molar refractivity (Wildman–Crippen MR) is 110 cm³/mol. The lowest BCUT2D eigenvalue weighted by Gasteiger charge is -2.38. The van der Waals surface area contributed by atoms with Gasteiger partial charge >= 0.3 is 11.8 Å². The van der Waals surface area contributed by atoms with E-state index in [1.807, 2.05) is 13.0 Å². The van der Waals surface area contributed by atoms with Crippen LogP contribution >= 0.6 is 11.6 Å². The molecular formula is C20H22ClN5O3. The first-order chi connectivity index (χ1) is 13.8. The Bertz CT molecular complexity index is 965. The highest BCUT2D eigenvalue weighted by Crippen LogP contribution is 2.35. The van der Waals surface area contributed by atoms with Crippen molar-refractivity contribution in [2.75, 3.05) is 17.6 Å². The number of nitrogens with one attached hydrogen (secondary N) is 1. The maximum Gasteiger partial charge on any atom is 0.313 e. The number of halogens is 1. The Morgan fingerprint density at radius 3 is 2.66 bits per heavy atom. The lowest BCUT2D eigenvalue weighted by atomic mass is 9.89. The number of aromatic nitrogens is 1. The second-order valence-corrected chi connectivity index (χ2v) is 7.62. The third-order valence-electron chi connectivity index (χ3n) is 4.96. The van der Waals surface area contributed by atoms with Crippen molar-refractivity contribution in [2.45, 2.75) is 25.8 Å². The van der Waals surface area contributed by atoms with Crippen molar-refractivity contribution in [1.29, 1.82) is 0 Å². The number of nitrogen functional groups attached to an aromatic ring is 1. The first kappa shape index (κ1) is 20.6. The number of nitrogens with zero attached hydrogens (tertiary/aromatic N) is 2. The molecule has 0 spiro atoms. The molecule has 1 aliphatic rings. The number of rotatable bonds is 3. The zero-order valence-electron chi connectivity index (χ0n) is 15.9. The largest absolute Gasteiger partial charge is 0.398 e. The Morgan fingerprint density at radius 2 is 1.97 bits per heavy atom. The summed E-state index contributed by atoms with van der Waals surface area (Å²) in [5.41, 5.74) is 12.8. The molecule has 1 fully saturated rings. The first-order valence-corrected chi connectivity index (χ1v) is 9.55. The maximum atomic E-state index is 12.9. The van der Waals surface area contributed by atoms with Crippen LogP contribution in [0.25, 0.3) is 0 Å². The summed E-state index contributed by atoms with van der Waals surface area (Å²) in [6.07, 6.45) is 4.25. The molecular weight excluding hydrogens is 394 g/mol. The molecule has 29 heavy (non-hydrogen) atoms. The van der Waals surface area contributed by atoms with Crippen LogP contribution in [0.1, 0.15) is 41.7 Å². The molecule has 1 aromatic carbocycles. The third-order valence-corrected chi connectivity index (χ3v) is 5.30. The molecule has 0 radical (unpaired) electrons. The molecule has 0 aliphatic carbocycles. The molecule has 2 heterocycles. The van der Waals surface area contributed by atoms with E-state index >= 15 is 0 Å². The third kappa shape index (κ3) is 4.65. The molecule has 0 unspecified atom stereocenters. The highest BCUT2D eigenvalue weighted by atomic mass is 35.5. The molecule has 1 aliphatic heterocycles. The SMILES string of the molecule is C[C@@H]1CC[C@@H](c2ccc(Cl)c(N)c2)N(C(=O)C(=O)Nc2cncc(C(N)=O)c2)C1. The number of pyridine rings is 1. The van der Waals surface area contributed by atoms with Gasteiger partial charge in [0.25, 0.3) is 0 Å². The minimum atomic E-state index is -0.811. The number of amides is 3. The van der Waals surface area contributed by atoms with Crippen LogP contribution in [0.2, 0.25) is 5.02 Å². The first-order valence-electron chi connectivity index (χ1n) is 9.18. The topological polar surface area (TPSA) is 131 Å². The normalized spacial score (nSPS) is 18.9. The zero-order valence-corrected chi connectivity index (χ0v) is 16.6. The Hall–Kier alpha value is -3.13. The molecule has 0 saturated carbocycles. The van der Waals surface area contributed by atoms with Gasteiger partial charge in [0, 0.05) is 12.7 Å². The summed E-state index contributed by atoms with van der Waals surface area (Å²) >= 11 is 6.01. The van der Waals surface area contributed by atoms with Gasteiger partial charge in [-0.2, -0.15) is 0 Å². The number of anilines is 2. The molecule has 1 aromatic heterocycles. The number of carbonyl (C=O) groups excluding carboxylic acids is 3. The van der Waals surface area contributed by atoms with Gasteiger partial charge < -0.3 is 21.7 Å². The van der Waals surface area contributed by atoms with E-state index in [0.717, 1.165) is 12.0 Å². The van der Waals surface area contributed by atoms with Crippen molar-refractivity contribution in [2.24, 2.45) is 11.7 Å². The van der Waals surface area contributed by atoms with Gasteiger partial charge in [0.1, 0.15) is 0 Å². The molecule has 3 amide bonds. The molecule has 152 valence electrons. The summed E-state index contributed by atoms with van der Waals surface area (Å²) in [6, 6.07) is 6.34. The van der Waals surface area contributed by atoms with E-state index in [2.05, 4.69) is 10.3 Å². The minimum Gasteiger partial charge on any atom is -0.398 e. The number of likely N-dealkylation sites (tertiary alicyclic amines) is 1. The van der Waals surface area contributed by atoms with E-state index in [1.165, 1.54) is 18.5 Å². The predicted octanol–water partition coefficient (Wildman–Crippen LogP) is 2.35. The van der Waals surface area contributed by atoms with Crippen molar-refractivity contribution in [3.8, 4) is 0 Å². The average molecular weight is 416 g/mol. The maximum absolute atomic E-state index is 12.9. The summed E-state index contributed by atoms with van der Waals surface area (Å²) in [5, 5.41) is 2.94. The number of hydrogen-bond donors (Lipinski definition) is 3. The summed E-state index contributed by atoms with van der Waals surface area (Å²) in [5.74, 6) is -1.90. The highest BCUT2D eigenvalue weighted by Gasteiger charge is 2.34. The van der Waals surface area contributed by atoms with Crippen LogP contribution in [0.15, 0.2) is 36.7 Å². The van der Waals surface area contributed by atoms with Gasteiger partial charge in [0.05, 0.1) is 34.2 Å². The van der Waals surface area contributed by atoms with E-state index in [9.17, 15) is 14.4 Å². The van der Waals surface area contributed by atoms with Crippen molar-refractivity contribution < 1.29 is 14.4 Å². The van der Waals surface area contributed by atoms with Gasteiger partial charge in [-0.3, -0.25) is 19.4 Å². The molecule has 2 aromatic rings. The van der Waals surface area contributed by atoms with Crippen LogP contribution < -0.4 is 16.8 Å². The molecule has 9 heteroatoms. The van der Waals surface area contributed by atoms with Gasteiger partial charge in [-0.25, -0.2) is 0 Å². The van der Waals surface area contributed by atoms with E-state index in [-0.39, 0.29) is 23.2 Å². The molecule has 3 rings (SSSR count). The van der Waals surface area contributed by atoms with Crippen molar-refractivity contribution >= 4 is 40.7 Å². The summed E-state index contributed by atoms with van der Waals surface area (Å²) in [4.78, 5) is 42.2. The minimum absolute atomic E-state index is 0.136. The number of nitrogens with two attached hydrogens (primary N) is 2. The number of piperidine rings is 1. The van der Waals surface area contributed by atoms with Crippen LogP contribution in [0.5, 0.6) is 0 Å². The summed E-state index contributed by atoms with van der Waals surface area (Å²) in [6.45, 7) is 2.48. The number of carbonyl (C=O) groups is 3. The molecule has 5 N–H and O–H groups in total. The Labute approximate surface area is 173 Å². The summed E-state index contributed by atoms with van der Waals surface area (Å²) < 4.78 is 0. The van der Waals surface area contributed by atoms with Crippen LogP contribution in [0.3, 0.4) is 0 Å². The van der Waals surface area contributed by atoms with Crippen LogP contribution in [0.4, 0.5) is 11.4 Å². The van der Waals surface area contributed by atoms with Gasteiger partial charge in [0.2, 0.25) is 5.91 Å². The van der Waals surface area contributed by atoms with E-state index in [0.29, 0.717) is 23.7 Å². The fraction of sp³-hybridized carbons (Fsp3) is 0.300. The fourth-order valence-corrected chi connectivity index (χ4v) is 3.57. The molecule has 0 bridgehead atoms. The lowest BCUT2D eigenvalue weighted by molar-refractivity contribution is -0.146. The number of primary amides is 1. The van der Waals surface area contributed by atoms with Gasteiger partial charge in [-0.15, -0.1) is 0 Å². The second-order valence-electron chi connectivity index (χ2n) is 7.22. The van der Waals surface area contributed by atoms with E-state index < -0.39 is 17.7 Å². The smallest absolute Gasteiger partial charge is 0.313 e. The monoisotopic (exact) mass is 415 g/mol. The summed E-state index contributed by atoms with van der Waals surface area (Å²) in [7, 11) is 0. The van der Waals surface area contributed by atoms with E-state index in [1.54, 1.807) is 17.0 Å². The molecule has 2 atom stereocenters. The van der Waals surface area contributed by atoms with Crippen molar-refractivity contribution in [3.05, 3.63) is 52.8 Å². The molecule has 8 nitrogen and oxygen atoms in total. The van der Waals surface area contributed by atoms with Gasteiger partial charge in [-0.05, 0) is 42.5 Å².